The van der Waals surface area contributed by atoms with E-state index in [2.05, 4.69) is 66.2 Å². The number of aromatic nitrogens is 2. The van der Waals surface area contributed by atoms with E-state index in [1.807, 2.05) is 6.92 Å². The van der Waals surface area contributed by atoms with Crippen LogP contribution in [0.15, 0.2) is 30.3 Å². The third-order valence-electron chi connectivity index (χ3n) is 3.66. The maximum absolute atomic E-state index is 4.59. The SMILES string of the molecule is CCCNC(Cn1nc(C)cc1C)c1ccccc1C. The second-order valence-electron chi connectivity index (χ2n) is 5.47. The van der Waals surface area contributed by atoms with Gasteiger partial charge in [-0.25, -0.2) is 0 Å². The molecule has 2 aromatic rings. The third kappa shape index (κ3) is 3.48. The van der Waals surface area contributed by atoms with Gasteiger partial charge < -0.3 is 5.32 Å². The van der Waals surface area contributed by atoms with Crippen molar-refractivity contribution in [2.24, 2.45) is 0 Å². The quantitative estimate of drug-likeness (QED) is 0.870. The Morgan fingerprint density at radius 1 is 1.20 bits per heavy atom. The maximum atomic E-state index is 4.59. The summed E-state index contributed by atoms with van der Waals surface area (Å²) in [5, 5.41) is 8.24. The fourth-order valence-electron chi connectivity index (χ4n) is 2.60. The van der Waals surface area contributed by atoms with Crippen LogP contribution in [-0.2, 0) is 6.54 Å². The summed E-state index contributed by atoms with van der Waals surface area (Å²) in [6.45, 7) is 10.5. The van der Waals surface area contributed by atoms with E-state index in [-0.39, 0.29) is 0 Å². The molecule has 0 aliphatic carbocycles. The highest BCUT2D eigenvalue weighted by Crippen LogP contribution is 2.20. The third-order valence-corrected chi connectivity index (χ3v) is 3.66. The Hall–Kier alpha value is -1.61. The van der Waals surface area contributed by atoms with Gasteiger partial charge in [-0.15, -0.1) is 0 Å². The molecule has 0 bridgehead atoms. The van der Waals surface area contributed by atoms with Crippen LogP contribution in [-0.4, -0.2) is 16.3 Å². The molecule has 20 heavy (non-hydrogen) atoms. The van der Waals surface area contributed by atoms with E-state index in [1.54, 1.807) is 0 Å². The molecule has 1 unspecified atom stereocenters. The Bertz CT molecular complexity index is 557. The fraction of sp³-hybridized carbons (Fsp3) is 0.471. The number of aryl methyl sites for hydroxylation is 3. The average Bonchev–Trinajstić information content (AvgIpc) is 2.73. The van der Waals surface area contributed by atoms with Gasteiger partial charge in [0.05, 0.1) is 18.3 Å². The van der Waals surface area contributed by atoms with Crippen LogP contribution in [0, 0.1) is 20.8 Å². The highest BCUT2D eigenvalue weighted by atomic mass is 15.3. The van der Waals surface area contributed by atoms with Crippen molar-refractivity contribution in [3.8, 4) is 0 Å². The van der Waals surface area contributed by atoms with E-state index in [0.717, 1.165) is 25.2 Å². The lowest BCUT2D eigenvalue weighted by molar-refractivity contribution is 0.431. The molecule has 1 aromatic carbocycles. The first-order chi connectivity index (χ1) is 9.61. The number of benzene rings is 1. The first-order valence-electron chi connectivity index (χ1n) is 7.41. The largest absolute Gasteiger partial charge is 0.308 e. The van der Waals surface area contributed by atoms with Crippen molar-refractivity contribution in [2.45, 2.75) is 46.7 Å². The lowest BCUT2D eigenvalue weighted by atomic mass is 10.0. The fourth-order valence-corrected chi connectivity index (χ4v) is 2.60. The topological polar surface area (TPSA) is 29.9 Å². The molecule has 0 aliphatic rings. The normalized spacial score (nSPS) is 12.6. The monoisotopic (exact) mass is 271 g/mol. The van der Waals surface area contributed by atoms with Crippen molar-refractivity contribution >= 4 is 0 Å². The minimum atomic E-state index is 0.314. The summed E-state index contributed by atoms with van der Waals surface area (Å²) in [6, 6.07) is 11.1. The molecule has 0 radical (unpaired) electrons. The van der Waals surface area contributed by atoms with Gasteiger partial charge in [-0.3, -0.25) is 4.68 Å². The van der Waals surface area contributed by atoms with E-state index < -0.39 is 0 Å². The second kappa shape index (κ2) is 6.71. The Morgan fingerprint density at radius 2 is 1.95 bits per heavy atom. The standard InChI is InChI=1S/C17H25N3/c1-5-10-18-17(16-9-7-6-8-13(16)2)12-20-15(4)11-14(3)19-20/h6-9,11,17-18H,5,10,12H2,1-4H3. The van der Waals surface area contributed by atoms with Crippen LogP contribution in [0.25, 0.3) is 0 Å². The van der Waals surface area contributed by atoms with Crippen LogP contribution in [0.5, 0.6) is 0 Å². The van der Waals surface area contributed by atoms with Gasteiger partial charge in [0.15, 0.2) is 0 Å². The molecule has 0 spiro atoms. The zero-order valence-electron chi connectivity index (χ0n) is 13.0. The van der Waals surface area contributed by atoms with Gasteiger partial charge in [-0.05, 0) is 50.9 Å². The zero-order chi connectivity index (χ0) is 14.5. The highest BCUT2D eigenvalue weighted by molar-refractivity contribution is 5.28. The number of rotatable bonds is 6. The highest BCUT2D eigenvalue weighted by Gasteiger charge is 2.15. The Labute approximate surface area is 122 Å². The molecular weight excluding hydrogens is 246 g/mol. The molecule has 3 nitrogen and oxygen atoms in total. The van der Waals surface area contributed by atoms with E-state index in [1.165, 1.54) is 16.8 Å². The maximum Gasteiger partial charge on any atom is 0.0607 e. The van der Waals surface area contributed by atoms with Gasteiger partial charge in [0.2, 0.25) is 0 Å². The number of hydrogen-bond donors (Lipinski definition) is 1. The van der Waals surface area contributed by atoms with Crippen LogP contribution >= 0.6 is 0 Å². The van der Waals surface area contributed by atoms with Crippen molar-refractivity contribution in [3.63, 3.8) is 0 Å². The summed E-state index contributed by atoms with van der Waals surface area (Å²) in [7, 11) is 0. The van der Waals surface area contributed by atoms with E-state index >= 15 is 0 Å². The van der Waals surface area contributed by atoms with Crippen molar-refractivity contribution in [2.75, 3.05) is 6.54 Å². The summed E-state index contributed by atoms with van der Waals surface area (Å²) in [5.41, 5.74) is 5.01. The summed E-state index contributed by atoms with van der Waals surface area (Å²) in [6.07, 6.45) is 1.14. The second-order valence-corrected chi connectivity index (χ2v) is 5.47. The number of nitrogens with one attached hydrogen (secondary N) is 1. The smallest absolute Gasteiger partial charge is 0.0607 e. The Kier molecular flexibility index (Phi) is 4.96. The molecule has 108 valence electrons. The summed E-state index contributed by atoms with van der Waals surface area (Å²) in [4.78, 5) is 0. The lowest BCUT2D eigenvalue weighted by Crippen LogP contribution is -2.27. The molecule has 1 atom stereocenters. The van der Waals surface area contributed by atoms with Gasteiger partial charge in [0.1, 0.15) is 0 Å². The minimum absolute atomic E-state index is 0.314. The predicted octanol–water partition coefficient (Wildman–Crippen LogP) is 3.55. The van der Waals surface area contributed by atoms with Gasteiger partial charge >= 0.3 is 0 Å². The molecule has 0 fully saturated rings. The number of hydrogen-bond acceptors (Lipinski definition) is 2. The molecule has 0 aliphatic heterocycles. The van der Waals surface area contributed by atoms with Crippen LogP contribution in [0.4, 0.5) is 0 Å². The zero-order valence-corrected chi connectivity index (χ0v) is 13.0. The van der Waals surface area contributed by atoms with Crippen molar-refractivity contribution < 1.29 is 0 Å². The minimum Gasteiger partial charge on any atom is -0.308 e. The molecule has 1 heterocycles. The summed E-state index contributed by atoms with van der Waals surface area (Å²) in [5.74, 6) is 0. The Morgan fingerprint density at radius 3 is 2.55 bits per heavy atom. The van der Waals surface area contributed by atoms with Crippen molar-refractivity contribution in [1.29, 1.82) is 0 Å². The molecule has 0 saturated carbocycles. The number of nitrogens with zero attached hydrogens (tertiary/aromatic N) is 2. The molecule has 1 aromatic heterocycles. The van der Waals surface area contributed by atoms with Crippen LogP contribution in [0.1, 0.15) is 41.9 Å². The first-order valence-corrected chi connectivity index (χ1v) is 7.41. The van der Waals surface area contributed by atoms with Gasteiger partial charge in [0, 0.05) is 5.69 Å². The van der Waals surface area contributed by atoms with Crippen LogP contribution in [0.3, 0.4) is 0 Å². The molecule has 2 rings (SSSR count). The van der Waals surface area contributed by atoms with Gasteiger partial charge in [-0.2, -0.15) is 5.10 Å². The molecule has 0 amide bonds. The Balaban J connectivity index is 2.24. The molecule has 0 saturated heterocycles. The summed E-state index contributed by atoms with van der Waals surface area (Å²) >= 11 is 0. The average molecular weight is 271 g/mol. The first kappa shape index (κ1) is 14.8. The van der Waals surface area contributed by atoms with Crippen molar-refractivity contribution in [1.82, 2.24) is 15.1 Å². The molecule has 3 heteroatoms. The van der Waals surface area contributed by atoms with E-state index in [0.29, 0.717) is 6.04 Å². The molecular formula is C17H25N3. The van der Waals surface area contributed by atoms with Gasteiger partial charge in [-0.1, -0.05) is 31.2 Å². The van der Waals surface area contributed by atoms with E-state index in [4.69, 9.17) is 0 Å². The van der Waals surface area contributed by atoms with Gasteiger partial charge in [0.25, 0.3) is 0 Å². The van der Waals surface area contributed by atoms with Crippen LogP contribution < -0.4 is 5.32 Å². The predicted molar refractivity (Wildman–Crippen MR) is 83.9 cm³/mol. The van der Waals surface area contributed by atoms with Crippen molar-refractivity contribution in [3.05, 3.63) is 52.8 Å². The lowest BCUT2D eigenvalue weighted by Gasteiger charge is -2.21. The molecule has 1 N–H and O–H groups in total. The summed E-state index contributed by atoms with van der Waals surface area (Å²) < 4.78 is 2.11. The van der Waals surface area contributed by atoms with E-state index in [9.17, 15) is 0 Å². The van der Waals surface area contributed by atoms with Crippen LogP contribution in [0.2, 0.25) is 0 Å².